The van der Waals surface area contributed by atoms with Gasteiger partial charge in [-0.3, -0.25) is 18.3 Å². The van der Waals surface area contributed by atoms with E-state index in [1.807, 2.05) is 48.3 Å². The minimum absolute atomic E-state index is 0.0365. The summed E-state index contributed by atoms with van der Waals surface area (Å²) in [4.78, 5) is 43.9. The summed E-state index contributed by atoms with van der Waals surface area (Å²) in [6.07, 6.45) is 6.02. The molecule has 1 unspecified atom stereocenters. The van der Waals surface area contributed by atoms with Crippen molar-refractivity contribution in [1.82, 2.24) is 9.64 Å². The van der Waals surface area contributed by atoms with E-state index in [9.17, 15) is 35.8 Å². The van der Waals surface area contributed by atoms with Gasteiger partial charge in [0.05, 0.1) is 23.8 Å². The molecule has 1 saturated heterocycles. The number of benzene rings is 2. The number of hydroxylamine groups is 2. The van der Waals surface area contributed by atoms with Gasteiger partial charge in [0.1, 0.15) is 24.6 Å². The van der Waals surface area contributed by atoms with Crippen LogP contribution in [-0.2, 0) is 54.5 Å². The van der Waals surface area contributed by atoms with E-state index in [1.54, 1.807) is 6.07 Å². The summed E-state index contributed by atoms with van der Waals surface area (Å²) in [7, 11) is -7.34. The highest BCUT2D eigenvalue weighted by atomic mass is 32.2. The van der Waals surface area contributed by atoms with Crippen molar-refractivity contribution < 1.29 is 49.2 Å². The molecule has 2 amide bonds. The van der Waals surface area contributed by atoms with Gasteiger partial charge in [0.2, 0.25) is 5.36 Å². The normalized spacial score (nSPS) is 18.4. The number of nitrogens with zero attached hydrogens (tertiary/aromatic N) is 3. The second kappa shape index (κ2) is 17.1. The number of allylic oxidation sites excluding steroid dienone is 3. The Morgan fingerprint density at radius 1 is 1.00 bits per heavy atom. The van der Waals surface area contributed by atoms with Crippen molar-refractivity contribution in [2.24, 2.45) is 0 Å². The van der Waals surface area contributed by atoms with Gasteiger partial charge in [0, 0.05) is 59.7 Å². The number of carbonyl (C=O) groups is 3. The Kier molecular flexibility index (Phi) is 13.0. The fourth-order valence-corrected chi connectivity index (χ4v) is 8.50. The van der Waals surface area contributed by atoms with Gasteiger partial charge in [-0.15, -0.1) is 5.06 Å². The zero-order chi connectivity index (χ0) is 41.9. The molecule has 1 atom stereocenters. The molecular formula is C41H52N3O11S2+. The maximum Gasteiger partial charge on any atom is 0.333 e. The molecule has 1 aromatic rings. The quantitative estimate of drug-likeness (QED) is 0.0874. The molecule has 3 heterocycles. The Morgan fingerprint density at radius 3 is 2.30 bits per heavy atom. The average Bonchev–Trinajstić information content (AvgIpc) is 3.58. The Balaban J connectivity index is 1.61. The zero-order valence-electron chi connectivity index (χ0n) is 33.5. The van der Waals surface area contributed by atoms with Crippen LogP contribution < -0.4 is 14.8 Å². The second-order valence-electron chi connectivity index (χ2n) is 15.4. The molecule has 0 bridgehead atoms. The summed E-state index contributed by atoms with van der Waals surface area (Å²) < 4.78 is 72.5. The molecule has 3 aliphatic heterocycles. The van der Waals surface area contributed by atoms with Gasteiger partial charge in [-0.05, 0) is 87.6 Å². The number of imide groups is 1. The third-order valence-electron chi connectivity index (χ3n) is 10.4. The minimum Gasteiger partial charge on any atom is -0.460 e. The molecular weight excluding hydrogens is 775 g/mol. The van der Waals surface area contributed by atoms with E-state index in [4.69, 9.17) is 13.4 Å². The van der Waals surface area contributed by atoms with Crippen molar-refractivity contribution in [2.75, 3.05) is 37.4 Å². The Bertz CT molecular complexity index is 2350. The lowest BCUT2D eigenvalue weighted by Crippen LogP contribution is -2.32. The summed E-state index contributed by atoms with van der Waals surface area (Å²) >= 11 is 0. The van der Waals surface area contributed by atoms with Crippen molar-refractivity contribution in [3.63, 3.8) is 0 Å². The Labute approximate surface area is 334 Å². The van der Waals surface area contributed by atoms with E-state index in [-0.39, 0.29) is 55.4 Å². The molecule has 308 valence electrons. The van der Waals surface area contributed by atoms with Crippen LogP contribution in [0.3, 0.4) is 0 Å². The molecule has 1 fully saturated rings. The van der Waals surface area contributed by atoms with Crippen molar-refractivity contribution in [2.45, 2.75) is 95.8 Å². The lowest BCUT2D eigenvalue weighted by atomic mass is 9.77. The lowest BCUT2D eigenvalue weighted by Gasteiger charge is -2.30. The van der Waals surface area contributed by atoms with Crippen LogP contribution in [0, 0.1) is 0 Å². The molecule has 0 aromatic heterocycles. The zero-order valence-corrected chi connectivity index (χ0v) is 35.2. The molecule has 0 saturated carbocycles. The first kappa shape index (κ1) is 43.5. The molecule has 0 spiro atoms. The molecule has 1 N–H and O–H groups in total. The first-order chi connectivity index (χ1) is 26.7. The number of anilines is 1. The largest absolute Gasteiger partial charge is 0.460 e. The predicted molar refractivity (Wildman–Crippen MR) is 215 cm³/mol. The highest BCUT2D eigenvalue weighted by Crippen LogP contribution is 2.51. The van der Waals surface area contributed by atoms with Crippen LogP contribution in [0.2, 0.25) is 0 Å². The maximum atomic E-state index is 12.9. The first-order valence-electron chi connectivity index (χ1n) is 19.0. The summed E-state index contributed by atoms with van der Waals surface area (Å²) in [5.41, 5.74) is 2.39. The smallest absolute Gasteiger partial charge is 0.333 e. The van der Waals surface area contributed by atoms with Crippen molar-refractivity contribution >= 4 is 49.8 Å². The van der Waals surface area contributed by atoms with Crippen LogP contribution in [0.1, 0.15) is 97.0 Å². The van der Waals surface area contributed by atoms with Crippen LogP contribution >= 0.6 is 0 Å². The molecule has 0 radical (unpaired) electrons. The Morgan fingerprint density at radius 2 is 1.68 bits per heavy atom. The van der Waals surface area contributed by atoms with Crippen LogP contribution in [0.4, 0.5) is 5.69 Å². The van der Waals surface area contributed by atoms with Crippen LogP contribution in [-0.4, -0.2) is 76.7 Å². The molecule has 5 rings (SSSR count). The molecule has 14 nitrogen and oxygen atoms in total. The summed E-state index contributed by atoms with van der Waals surface area (Å²) in [5, 5.41) is 1.54. The average molecular weight is 827 g/mol. The van der Waals surface area contributed by atoms with Crippen molar-refractivity contribution in [3.05, 3.63) is 82.6 Å². The summed E-state index contributed by atoms with van der Waals surface area (Å²) in [6.45, 7) is 14.1. The highest BCUT2D eigenvalue weighted by molar-refractivity contribution is 7.86. The van der Waals surface area contributed by atoms with Gasteiger partial charge in [-0.1, -0.05) is 32.9 Å². The molecule has 4 aliphatic rings. The van der Waals surface area contributed by atoms with Crippen LogP contribution in [0.5, 0.6) is 0 Å². The van der Waals surface area contributed by atoms with E-state index in [2.05, 4.69) is 45.3 Å². The van der Waals surface area contributed by atoms with E-state index in [0.717, 1.165) is 48.2 Å². The number of fused-ring (bicyclic) bond motifs is 2. The number of carbonyl (C=O) groups excluding carboxylic acids is 3. The fraction of sp³-hybridized carbons (Fsp3) is 0.463. The number of rotatable bonds is 15. The van der Waals surface area contributed by atoms with Gasteiger partial charge >= 0.3 is 5.97 Å². The Hall–Kier alpha value is -4.64. The van der Waals surface area contributed by atoms with Gasteiger partial charge in [-0.25, -0.2) is 9.37 Å². The summed E-state index contributed by atoms with van der Waals surface area (Å²) in [6, 6.07) is 12.7. The van der Waals surface area contributed by atoms with Crippen LogP contribution in [0.15, 0.2) is 69.6 Å². The van der Waals surface area contributed by atoms with Gasteiger partial charge in [0.25, 0.3) is 32.1 Å². The third kappa shape index (κ3) is 9.74. The molecule has 16 heteroatoms. The number of amides is 2. The van der Waals surface area contributed by atoms with Crippen molar-refractivity contribution in [3.8, 4) is 11.3 Å². The molecule has 1 aliphatic carbocycles. The fourth-order valence-electron chi connectivity index (χ4n) is 7.32. The first-order valence-corrected chi connectivity index (χ1v) is 22.0. The van der Waals surface area contributed by atoms with Crippen LogP contribution in [0.25, 0.3) is 17.4 Å². The van der Waals surface area contributed by atoms with E-state index in [1.165, 1.54) is 12.1 Å². The van der Waals surface area contributed by atoms with Gasteiger partial charge in [-0.2, -0.15) is 16.8 Å². The van der Waals surface area contributed by atoms with E-state index >= 15 is 0 Å². The highest BCUT2D eigenvalue weighted by Gasteiger charge is 2.44. The second-order valence-corrected chi connectivity index (χ2v) is 18.7. The maximum absolute atomic E-state index is 12.9. The SMILES string of the molecule is CC[N+](CC)=c1ccc2c(C=CC=C3N(CCCS(=O)(=O)O)c4ccc(S(=O)(=O)OC)cc4C3(C)CCCC(=O)ON3C(=O)CCC3=O)cc(C(C)(C)C)oc-2c1. The van der Waals surface area contributed by atoms with E-state index in [0.29, 0.717) is 22.0 Å². The minimum atomic E-state index is -4.28. The van der Waals surface area contributed by atoms with Crippen molar-refractivity contribution in [1.29, 1.82) is 0 Å². The van der Waals surface area contributed by atoms with E-state index < -0.39 is 49.2 Å². The lowest BCUT2D eigenvalue weighted by molar-refractivity contribution is -0.197. The predicted octanol–water partition coefficient (Wildman–Crippen LogP) is 5.56. The van der Waals surface area contributed by atoms with Gasteiger partial charge < -0.3 is 14.2 Å². The third-order valence-corrected chi connectivity index (χ3v) is 12.5. The monoisotopic (exact) mass is 826 g/mol. The number of hydrogen-bond donors (Lipinski definition) is 1. The molecule has 57 heavy (non-hydrogen) atoms. The number of hydrogen-bond acceptors (Lipinski definition) is 11. The molecule has 1 aromatic carbocycles. The topological polar surface area (TPSA) is 181 Å². The summed E-state index contributed by atoms with van der Waals surface area (Å²) in [5.74, 6) is -0.951. The van der Waals surface area contributed by atoms with Gasteiger partial charge in [0.15, 0.2) is 0 Å². The standard InChI is InChI=1S/C41H51N3O11S2/c1-8-42(9-2)29-16-18-31-28(25-36(40(3,4)5)54-34(31)26-29)13-10-14-35-41(6,22-11-15-39(47)55-44-37(45)20-21-38(44)46)32-27-30(57(51,52)53-7)17-19-33(32)43(35)23-12-24-56(48,49)50/h10,13-14,16-19,25-27H,8-9,11-12,15,20-24H2,1-7H3/p+1.